The molecule has 1 aliphatic rings. The first-order valence-electron chi connectivity index (χ1n) is 7.35. The average molecular weight is 326 g/mol. The summed E-state index contributed by atoms with van der Waals surface area (Å²) in [7, 11) is 0. The standard InChI is InChI=1S/C16H22O7/c1-7-4-8(2)11(9(3)5-7)15(21)23-16-14(20)13(19)12(18)10(6-17)22-16/h4-5,10,12-14,16-20H,6H2,1-3H3. The van der Waals surface area contributed by atoms with Gasteiger partial charge in [0.2, 0.25) is 6.29 Å². The van der Waals surface area contributed by atoms with E-state index >= 15 is 0 Å². The molecule has 0 saturated carbocycles. The van der Waals surface area contributed by atoms with E-state index in [1.165, 1.54) is 0 Å². The molecule has 5 unspecified atom stereocenters. The summed E-state index contributed by atoms with van der Waals surface area (Å²) < 4.78 is 10.3. The maximum Gasteiger partial charge on any atom is 0.341 e. The number of aliphatic hydroxyl groups excluding tert-OH is 4. The molecule has 1 aliphatic heterocycles. The highest BCUT2D eigenvalue weighted by Crippen LogP contribution is 2.24. The summed E-state index contributed by atoms with van der Waals surface area (Å²) in [4.78, 5) is 12.4. The van der Waals surface area contributed by atoms with Gasteiger partial charge in [0.25, 0.3) is 0 Å². The Hall–Kier alpha value is -1.51. The van der Waals surface area contributed by atoms with Crippen LogP contribution in [0, 0.1) is 20.8 Å². The maximum atomic E-state index is 12.4. The summed E-state index contributed by atoms with van der Waals surface area (Å²) in [6.45, 7) is 4.86. The molecule has 7 heteroatoms. The Labute approximate surface area is 134 Å². The van der Waals surface area contributed by atoms with Crippen LogP contribution in [0.5, 0.6) is 0 Å². The average Bonchev–Trinajstić information content (AvgIpc) is 2.46. The van der Waals surface area contributed by atoms with Gasteiger partial charge in [0, 0.05) is 0 Å². The number of hydrogen-bond donors (Lipinski definition) is 4. The van der Waals surface area contributed by atoms with Gasteiger partial charge in [0.1, 0.15) is 24.4 Å². The zero-order chi connectivity index (χ0) is 17.3. The van der Waals surface area contributed by atoms with E-state index < -0.39 is 43.3 Å². The van der Waals surface area contributed by atoms with Crippen molar-refractivity contribution in [3.8, 4) is 0 Å². The number of aliphatic hydroxyl groups is 4. The number of ether oxygens (including phenoxy) is 2. The van der Waals surface area contributed by atoms with E-state index in [2.05, 4.69) is 0 Å². The lowest BCUT2D eigenvalue weighted by molar-refractivity contribution is -0.285. The van der Waals surface area contributed by atoms with Crippen molar-refractivity contribution in [2.24, 2.45) is 0 Å². The van der Waals surface area contributed by atoms with Gasteiger partial charge in [-0.2, -0.15) is 0 Å². The highest BCUT2D eigenvalue weighted by Gasteiger charge is 2.45. The fourth-order valence-corrected chi connectivity index (χ4v) is 2.83. The highest BCUT2D eigenvalue weighted by molar-refractivity contribution is 5.92. The van der Waals surface area contributed by atoms with E-state index in [1.54, 1.807) is 13.8 Å². The SMILES string of the molecule is Cc1cc(C)c(C(=O)OC2OC(CO)C(O)C(O)C2O)c(C)c1. The number of carbonyl (C=O) groups excluding carboxylic acids is 1. The topological polar surface area (TPSA) is 116 Å². The van der Waals surface area contributed by atoms with Crippen LogP contribution in [0.25, 0.3) is 0 Å². The van der Waals surface area contributed by atoms with Gasteiger partial charge in [-0.25, -0.2) is 4.79 Å². The molecule has 1 aromatic rings. The number of esters is 1. The van der Waals surface area contributed by atoms with E-state index in [0.29, 0.717) is 5.56 Å². The van der Waals surface area contributed by atoms with Crippen molar-refractivity contribution >= 4 is 5.97 Å². The van der Waals surface area contributed by atoms with Crippen molar-refractivity contribution in [1.29, 1.82) is 0 Å². The summed E-state index contributed by atoms with van der Waals surface area (Å²) in [5, 5.41) is 38.5. The molecule has 1 saturated heterocycles. The molecule has 0 amide bonds. The van der Waals surface area contributed by atoms with E-state index in [-0.39, 0.29) is 0 Å². The molecule has 1 heterocycles. The molecule has 1 aromatic carbocycles. The lowest BCUT2D eigenvalue weighted by Crippen LogP contribution is -2.59. The monoisotopic (exact) mass is 326 g/mol. The van der Waals surface area contributed by atoms with Crippen LogP contribution < -0.4 is 0 Å². The molecule has 23 heavy (non-hydrogen) atoms. The number of benzene rings is 1. The van der Waals surface area contributed by atoms with Crippen LogP contribution >= 0.6 is 0 Å². The smallest absolute Gasteiger partial charge is 0.341 e. The van der Waals surface area contributed by atoms with E-state index in [4.69, 9.17) is 14.6 Å². The van der Waals surface area contributed by atoms with Gasteiger partial charge in [-0.3, -0.25) is 0 Å². The van der Waals surface area contributed by atoms with Gasteiger partial charge in [-0.05, 0) is 31.9 Å². The van der Waals surface area contributed by atoms with Gasteiger partial charge in [-0.1, -0.05) is 17.7 Å². The van der Waals surface area contributed by atoms with Crippen molar-refractivity contribution in [3.63, 3.8) is 0 Å². The Kier molecular flexibility index (Phi) is 5.38. The number of aryl methyl sites for hydroxylation is 3. The largest absolute Gasteiger partial charge is 0.429 e. The van der Waals surface area contributed by atoms with Crippen molar-refractivity contribution in [2.45, 2.75) is 51.5 Å². The first-order chi connectivity index (χ1) is 10.8. The highest BCUT2D eigenvalue weighted by atomic mass is 16.7. The third-order valence-corrected chi connectivity index (χ3v) is 3.95. The maximum absolute atomic E-state index is 12.4. The zero-order valence-corrected chi connectivity index (χ0v) is 13.3. The molecular formula is C16H22O7. The Morgan fingerprint density at radius 3 is 2.17 bits per heavy atom. The summed E-state index contributed by atoms with van der Waals surface area (Å²) >= 11 is 0. The molecule has 0 spiro atoms. The van der Waals surface area contributed by atoms with Crippen LogP contribution in [-0.4, -0.2) is 63.7 Å². The van der Waals surface area contributed by atoms with Crippen LogP contribution in [0.15, 0.2) is 12.1 Å². The molecule has 5 atom stereocenters. The Bertz CT molecular complexity index is 561. The first kappa shape index (κ1) is 17.8. The summed E-state index contributed by atoms with van der Waals surface area (Å²) in [6, 6.07) is 3.66. The predicted molar refractivity (Wildman–Crippen MR) is 79.8 cm³/mol. The third-order valence-electron chi connectivity index (χ3n) is 3.95. The van der Waals surface area contributed by atoms with Crippen LogP contribution in [-0.2, 0) is 9.47 Å². The molecule has 2 rings (SSSR count). The zero-order valence-electron chi connectivity index (χ0n) is 13.3. The molecule has 0 aliphatic carbocycles. The van der Waals surface area contributed by atoms with E-state index in [0.717, 1.165) is 16.7 Å². The molecule has 1 fully saturated rings. The summed E-state index contributed by atoms with van der Waals surface area (Å²) in [5.74, 6) is -0.704. The Morgan fingerprint density at radius 1 is 1.09 bits per heavy atom. The minimum Gasteiger partial charge on any atom is -0.429 e. The first-order valence-corrected chi connectivity index (χ1v) is 7.35. The van der Waals surface area contributed by atoms with Crippen LogP contribution in [0.1, 0.15) is 27.0 Å². The fraction of sp³-hybridized carbons (Fsp3) is 0.562. The van der Waals surface area contributed by atoms with Crippen molar-refractivity contribution in [1.82, 2.24) is 0 Å². The van der Waals surface area contributed by atoms with Crippen molar-refractivity contribution in [3.05, 3.63) is 34.4 Å². The van der Waals surface area contributed by atoms with Gasteiger partial charge >= 0.3 is 5.97 Å². The summed E-state index contributed by atoms with van der Waals surface area (Å²) in [5.41, 5.74) is 2.80. The van der Waals surface area contributed by atoms with Gasteiger partial charge in [0.15, 0.2) is 0 Å². The molecule has 0 bridgehead atoms. The minimum absolute atomic E-state index is 0.354. The number of rotatable bonds is 3. The number of hydrogen-bond acceptors (Lipinski definition) is 7. The van der Waals surface area contributed by atoms with Crippen LogP contribution in [0.3, 0.4) is 0 Å². The molecule has 0 radical (unpaired) electrons. The lowest BCUT2D eigenvalue weighted by atomic mass is 9.98. The van der Waals surface area contributed by atoms with Crippen LogP contribution in [0.4, 0.5) is 0 Å². The predicted octanol–water partition coefficient (Wildman–Crippen LogP) is -0.431. The minimum atomic E-state index is -1.61. The van der Waals surface area contributed by atoms with Gasteiger partial charge < -0.3 is 29.9 Å². The molecule has 4 N–H and O–H groups in total. The van der Waals surface area contributed by atoms with Crippen LogP contribution in [0.2, 0.25) is 0 Å². The number of carbonyl (C=O) groups is 1. The van der Waals surface area contributed by atoms with Gasteiger partial charge in [0.05, 0.1) is 12.2 Å². The van der Waals surface area contributed by atoms with Crippen molar-refractivity contribution < 1.29 is 34.7 Å². The second kappa shape index (κ2) is 6.94. The second-order valence-corrected chi connectivity index (χ2v) is 5.88. The van der Waals surface area contributed by atoms with E-state index in [9.17, 15) is 20.1 Å². The normalized spacial score (nSPS) is 31.0. The molecule has 128 valence electrons. The molecule has 7 nitrogen and oxygen atoms in total. The Balaban J connectivity index is 2.20. The lowest BCUT2D eigenvalue weighted by Gasteiger charge is -2.39. The van der Waals surface area contributed by atoms with E-state index in [1.807, 2.05) is 19.1 Å². The molecule has 0 aromatic heterocycles. The Morgan fingerprint density at radius 2 is 1.65 bits per heavy atom. The van der Waals surface area contributed by atoms with Gasteiger partial charge in [-0.15, -0.1) is 0 Å². The quantitative estimate of drug-likeness (QED) is 0.557. The second-order valence-electron chi connectivity index (χ2n) is 5.88. The fourth-order valence-electron chi connectivity index (χ4n) is 2.83. The summed E-state index contributed by atoms with van der Waals surface area (Å²) in [6.07, 6.45) is -7.28. The van der Waals surface area contributed by atoms with Crippen molar-refractivity contribution in [2.75, 3.05) is 6.61 Å². The molecular weight excluding hydrogens is 304 g/mol. The third kappa shape index (κ3) is 3.54.